The minimum Gasteiger partial charge on any atom is -0.380 e. The Balaban J connectivity index is 2.58. The van der Waals surface area contributed by atoms with E-state index in [2.05, 4.69) is 10.3 Å². The fraction of sp³-hybridized carbons (Fsp3) is 0.375. The molecular weight excluding hydrogens is 140 g/mol. The summed E-state index contributed by atoms with van der Waals surface area (Å²) < 4.78 is 0. The van der Waals surface area contributed by atoms with Crippen molar-refractivity contribution in [3.8, 4) is 0 Å². The van der Waals surface area contributed by atoms with Crippen LogP contribution in [0.3, 0.4) is 0 Å². The average molecular weight is 150 g/mol. The van der Waals surface area contributed by atoms with Crippen molar-refractivity contribution in [3.05, 3.63) is 28.2 Å². The van der Waals surface area contributed by atoms with Crippen LogP contribution < -0.4 is 10.9 Å². The second-order valence-corrected chi connectivity index (χ2v) is 2.74. The van der Waals surface area contributed by atoms with Gasteiger partial charge in [0.05, 0.1) is 0 Å². The number of aromatic nitrogens is 1. The number of aromatic amines is 1. The van der Waals surface area contributed by atoms with E-state index in [1.165, 1.54) is 0 Å². The lowest BCUT2D eigenvalue weighted by Crippen LogP contribution is -2.21. The molecule has 0 bridgehead atoms. The molecule has 2 heterocycles. The lowest BCUT2D eigenvalue weighted by molar-refractivity contribution is 0.822. The van der Waals surface area contributed by atoms with Gasteiger partial charge in [-0.15, -0.1) is 0 Å². The number of hydrogen-bond acceptors (Lipinski definition) is 2. The van der Waals surface area contributed by atoms with E-state index >= 15 is 0 Å². The van der Waals surface area contributed by atoms with Gasteiger partial charge in [-0.2, -0.15) is 0 Å². The van der Waals surface area contributed by atoms with Crippen molar-refractivity contribution < 1.29 is 0 Å². The largest absolute Gasteiger partial charge is 0.380 e. The molecule has 0 fully saturated rings. The predicted octanol–water partition coefficient (Wildman–Crippen LogP) is 0.733. The van der Waals surface area contributed by atoms with Gasteiger partial charge in [0.2, 0.25) is 0 Å². The van der Waals surface area contributed by atoms with Gasteiger partial charge in [-0.1, -0.05) is 0 Å². The highest BCUT2D eigenvalue weighted by Gasteiger charge is 2.09. The maximum absolute atomic E-state index is 11.1. The van der Waals surface area contributed by atoms with Crippen molar-refractivity contribution >= 4 is 5.69 Å². The molecule has 0 amide bonds. The minimum absolute atomic E-state index is 0.00204. The van der Waals surface area contributed by atoms with Crippen molar-refractivity contribution in [2.45, 2.75) is 12.8 Å². The number of fused-ring (bicyclic) bond motifs is 1. The van der Waals surface area contributed by atoms with Gasteiger partial charge < -0.3 is 10.3 Å². The molecule has 3 heteroatoms. The third-order valence-electron chi connectivity index (χ3n) is 1.97. The summed E-state index contributed by atoms with van der Waals surface area (Å²) in [6.07, 6.45) is 3.84. The Morgan fingerprint density at radius 1 is 1.45 bits per heavy atom. The van der Waals surface area contributed by atoms with Crippen LogP contribution >= 0.6 is 0 Å². The first-order valence-electron chi connectivity index (χ1n) is 3.82. The zero-order valence-corrected chi connectivity index (χ0v) is 6.18. The Bertz CT molecular complexity index is 316. The smallest absolute Gasteiger partial charge is 0.271 e. The number of pyridine rings is 1. The number of hydrogen-bond donors (Lipinski definition) is 2. The van der Waals surface area contributed by atoms with Crippen LogP contribution in [0.15, 0.2) is 17.1 Å². The first-order valence-corrected chi connectivity index (χ1v) is 3.82. The van der Waals surface area contributed by atoms with E-state index in [1.54, 1.807) is 6.20 Å². The first-order chi connectivity index (χ1) is 5.38. The van der Waals surface area contributed by atoms with Crippen molar-refractivity contribution in [3.63, 3.8) is 0 Å². The molecule has 1 aromatic rings. The number of rotatable bonds is 0. The maximum Gasteiger partial charge on any atom is 0.271 e. The number of anilines is 1. The van der Waals surface area contributed by atoms with Crippen molar-refractivity contribution in [2.24, 2.45) is 0 Å². The van der Waals surface area contributed by atoms with Gasteiger partial charge in [0.25, 0.3) is 5.56 Å². The van der Waals surface area contributed by atoms with Crippen molar-refractivity contribution in [1.82, 2.24) is 4.98 Å². The van der Waals surface area contributed by atoms with Gasteiger partial charge in [0.1, 0.15) is 5.69 Å². The van der Waals surface area contributed by atoms with Gasteiger partial charge in [-0.05, 0) is 24.5 Å². The average Bonchev–Trinajstić information content (AvgIpc) is 2.06. The predicted molar refractivity (Wildman–Crippen MR) is 43.9 cm³/mol. The molecule has 1 aliphatic rings. The molecule has 0 aromatic carbocycles. The van der Waals surface area contributed by atoms with Crippen LogP contribution in [-0.2, 0) is 6.42 Å². The molecule has 0 unspecified atom stereocenters. The van der Waals surface area contributed by atoms with Crippen LogP contribution in [0.1, 0.15) is 12.0 Å². The summed E-state index contributed by atoms with van der Waals surface area (Å²) in [5.41, 5.74) is 1.90. The molecule has 0 spiro atoms. The molecule has 0 radical (unpaired) electrons. The fourth-order valence-corrected chi connectivity index (χ4v) is 1.41. The van der Waals surface area contributed by atoms with E-state index in [9.17, 15) is 4.79 Å². The van der Waals surface area contributed by atoms with Crippen LogP contribution in [0.25, 0.3) is 0 Å². The summed E-state index contributed by atoms with van der Waals surface area (Å²) >= 11 is 0. The van der Waals surface area contributed by atoms with Gasteiger partial charge >= 0.3 is 0 Å². The summed E-state index contributed by atoms with van der Waals surface area (Å²) in [6.45, 7) is 0.917. The number of nitrogens with one attached hydrogen (secondary N) is 2. The lowest BCUT2D eigenvalue weighted by Gasteiger charge is -2.15. The number of H-pyrrole nitrogens is 1. The number of aryl methyl sites for hydroxylation is 1. The highest BCUT2D eigenvalue weighted by atomic mass is 16.1. The Morgan fingerprint density at radius 3 is 3.18 bits per heavy atom. The minimum atomic E-state index is 0.00204. The molecule has 2 rings (SSSR count). The van der Waals surface area contributed by atoms with E-state index in [-0.39, 0.29) is 5.56 Å². The van der Waals surface area contributed by atoms with E-state index in [4.69, 9.17) is 0 Å². The van der Waals surface area contributed by atoms with Gasteiger partial charge in [0, 0.05) is 12.7 Å². The SMILES string of the molecule is O=c1[nH]ccc2c1NCCC2. The molecular formula is C8H10N2O. The summed E-state index contributed by atoms with van der Waals surface area (Å²) in [5, 5.41) is 3.09. The van der Waals surface area contributed by atoms with E-state index in [0.717, 1.165) is 30.6 Å². The monoisotopic (exact) mass is 150 g/mol. The molecule has 3 nitrogen and oxygen atoms in total. The second kappa shape index (κ2) is 2.42. The lowest BCUT2D eigenvalue weighted by atomic mass is 10.1. The van der Waals surface area contributed by atoms with Crippen molar-refractivity contribution in [1.29, 1.82) is 0 Å². The van der Waals surface area contributed by atoms with E-state index in [1.807, 2.05) is 6.07 Å². The summed E-state index contributed by atoms with van der Waals surface area (Å²) in [7, 11) is 0. The van der Waals surface area contributed by atoms with Crippen LogP contribution in [0, 0.1) is 0 Å². The maximum atomic E-state index is 11.1. The van der Waals surface area contributed by atoms with Crippen molar-refractivity contribution in [2.75, 3.05) is 11.9 Å². The van der Waals surface area contributed by atoms with Gasteiger partial charge in [0.15, 0.2) is 0 Å². The highest BCUT2D eigenvalue weighted by molar-refractivity contribution is 5.50. The fourth-order valence-electron chi connectivity index (χ4n) is 1.41. The summed E-state index contributed by atoms with van der Waals surface area (Å²) in [6, 6.07) is 1.96. The van der Waals surface area contributed by atoms with Crippen LogP contribution in [0.5, 0.6) is 0 Å². The molecule has 0 saturated heterocycles. The summed E-state index contributed by atoms with van der Waals surface area (Å²) in [5.74, 6) is 0. The quantitative estimate of drug-likeness (QED) is 0.572. The normalized spacial score (nSPS) is 15.3. The first kappa shape index (κ1) is 6.46. The Morgan fingerprint density at radius 2 is 2.36 bits per heavy atom. The van der Waals surface area contributed by atoms with Crippen LogP contribution in [-0.4, -0.2) is 11.5 Å². The topological polar surface area (TPSA) is 44.9 Å². The summed E-state index contributed by atoms with van der Waals surface area (Å²) in [4.78, 5) is 13.8. The Kier molecular flexibility index (Phi) is 1.42. The Hall–Kier alpha value is -1.25. The van der Waals surface area contributed by atoms with Crippen LogP contribution in [0.2, 0.25) is 0 Å². The molecule has 0 atom stereocenters. The molecule has 2 N–H and O–H groups in total. The zero-order chi connectivity index (χ0) is 7.68. The van der Waals surface area contributed by atoms with E-state index < -0.39 is 0 Å². The van der Waals surface area contributed by atoms with E-state index in [0.29, 0.717) is 0 Å². The highest BCUT2D eigenvalue weighted by Crippen LogP contribution is 2.15. The second-order valence-electron chi connectivity index (χ2n) is 2.74. The molecule has 11 heavy (non-hydrogen) atoms. The van der Waals surface area contributed by atoms with Gasteiger partial charge in [-0.25, -0.2) is 0 Å². The Labute approximate surface area is 64.5 Å². The molecule has 58 valence electrons. The standard InChI is InChI=1S/C8H10N2O/c11-8-7-6(3-5-10-8)2-1-4-9-7/h3,5,9H,1-2,4H2,(H,10,11). The van der Waals surface area contributed by atoms with Gasteiger partial charge in [-0.3, -0.25) is 4.79 Å². The van der Waals surface area contributed by atoms with Crippen LogP contribution in [0.4, 0.5) is 5.69 Å². The molecule has 1 aliphatic heterocycles. The third kappa shape index (κ3) is 1.02. The molecule has 1 aromatic heterocycles. The zero-order valence-electron chi connectivity index (χ0n) is 6.18. The molecule has 0 aliphatic carbocycles. The molecule has 0 saturated carbocycles. The third-order valence-corrected chi connectivity index (χ3v) is 1.97.